The van der Waals surface area contributed by atoms with Crippen LogP contribution < -0.4 is 5.73 Å². The predicted octanol–water partition coefficient (Wildman–Crippen LogP) is 2.63. The minimum absolute atomic E-state index is 0.638. The van der Waals surface area contributed by atoms with Gasteiger partial charge in [-0.1, -0.05) is 19.9 Å². The molecule has 15 heavy (non-hydrogen) atoms. The van der Waals surface area contributed by atoms with E-state index >= 15 is 0 Å². The summed E-state index contributed by atoms with van der Waals surface area (Å²) in [4.78, 5) is 2.52. The zero-order chi connectivity index (χ0) is 11.0. The van der Waals surface area contributed by atoms with Gasteiger partial charge in [-0.25, -0.2) is 0 Å². The van der Waals surface area contributed by atoms with Crippen molar-refractivity contribution in [2.24, 2.45) is 5.92 Å². The molecule has 2 heteroatoms. The Balaban J connectivity index is 2.15. The molecule has 0 bridgehead atoms. The highest BCUT2D eigenvalue weighted by molar-refractivity contribution is 5.46. The Hall–Kier alpha value is -1.02. The van der Waals surface area contributed by atoms with E-state index in [1.165, 1.54) is 11.1 Å². The van der Waals surface area contributed by atoms with Gasteiger partial charge in [0.05, 0.1) is 0 Å². The summed E-state index contributed by atoms with van der Waals surface area (Å²) < 4.78 is 0. The van der Waals surface area contributed by atoms with E-state index in [1.807, 2.05) is 6.07 Å². The van der Waals surface area contributed by atoms with E-state index in [-0.39, 0.29) is 0 Å². The minimum atomic E-state index is 0.638. The van der Waals surface area contributed by atoms with Crippen LogP contribution in [0.4, 0.5) is 5.69 Å². The smallest absolute Gasteiger partial charge is 0.0317 e. The van der Waals surface area contributed by atoms with Crippen molar-refractivity contribution in [3.05, 3.63) is 29.3 Å². The zero-order valence-electron chi connectivity index (χ0n) is 9.83. The summed E-state index contributed by atoms with van der Waals surface area (Å²) in [5.41, 5.74) is 9.52. The number of anilines is 1. The summed E-state index contributed by atoms with van der Waals surface area (Å²) in [5, 5.41) is 0. The first-order chi connectivity index (χ1) is 7.08. The Morgan fingerprint density at radius 2 is 1.80 bits per heavy atom. The van der Waals surface area contributed by atoms with Gasteiger partial charge >= 0.3 is 0 Å². The van der Waals surface area contributed by atoms with Crippen molar-refractivity contribution in [2.45, 2.75) is 39.9 Å². The molecule has 1 aliphatic rings. The Bertz CT molecular complexity index is 358. The third-order valence-corrected chi connectivity index (χ3v) is 3.52. The van der Waals surface area contributed by atoms with Crippen LogP contribution in [0.5, 0.6) is 0 Å². The van der Waals surface area contributed by atoms with Gasteiger partial charge in [0, 0.05) is 24.8 Å². The summed E-state index contributed by atoms with van der Waals surface area (Å²) in [6.45, 7) is 9.00. The topological polar surface area (TPSA) is 29.3 Å². The van der Waals surface area contributed by atoms with E-state index in [4.69, 9.17) is 5.73 Å². The predicted molar refractivity (Wildman–Crippen MR) is 64.4 cm³/mol. The number of nitrogens with two attached hydrogens (primary N) is 1. The molecule has 1 heterocycles. The largest absolute Gasteiger partial charge is 0.399 e. The number of nitrogen functional groups attached to an aromatic ring is 1. The van der Waals surface area contributed by atoms with Gasteiger partial charge in [0.15, 0.2) is 0 Å². The van der Waals surface area contributed by atoms with Gasteiger partial charge in [0.1, 0.15) is 0 Å². The fourth-order valence-electron chi connectivity index (χ4n) is 2.15. The lowest BCUT2D eigenvalue weighted by molar-refractivity contribution is 0.170. The summed E-state index contributed by atoms with van der Waals surface area (Å²) in [5.74, 6) is 0.705. The second-order valence-electron chi connectivity index (χ2n) is 4.92. The van der Waals surface area contributed by atoms with Crippen molar-refractivity contribution < 1.29 is 0 Å². The fourth-order valence-corrected chi connectivity index (χ4v) is 2.15. The molecule has 0 saturated carbocycles. The Morgan fingerprint density at radius 1 is 1.13 bits per heavy atom. The Morgan fingerprint density at radius 3 is 2.47 bits per heavy atom. The molecule has 0 spiro atoms. The molecule has 0 radical (unpaired) electrons. The molecular weight excluding hydrogens is 184 g/mol. The second kappa shape index (κ2) is 3.86. The number of benzene rings is 1. The summed E-state index contributed by atoms with van der Waals surface area (Å²) >= 11 is 0. The lowest BCUT2D eigenvalue weighted by Gasteiger charge is -2.26. The van der Waals surface area contributed by atoms with E-state index < -0.39 is 0 Å². The number of nitrogens with zero attached hydrogens (tertiary/aromatic N) is 1. The molecule has 0 aromatic heterocycles. The molecule has 0 saturated heterocycles. The third kappa shape index (κ3) is 2.00. The summed E-state index contributed by atoms with van der Waals surface area (Å²) in [6.07, 6.45) is 0. The standard InChI is InChI=1S/C13H20N2/c1-9(2)10(3)15-7-11-4-5-13(14)6-12(11)8-15/h4-6,9-10H,7-8,14H2,1-3H3. The number of fused-ring (bicyclic) bond motifs is 1. The van der Waals surface area contributed by atoms with Crippen molar-refractivity contribution >= 4 is 5.69 Å². The van der Waals surface area contributed by atoms with Gasteiger partial charge in [-0.3, -0.25) is 4.90 Å². The molecule has 82 valence electrons. The average molecular weight is 204 g/mol. The van der Waals surface area contributed by atoms with Crippen LogP contribution in [-0.4, -0.2) is 10.9 Å². The summed E-state index contributed by atoms with van der Waals surface area (Å²) in [7, 11) is 0. The first-order valence-corrected chi connectivity index (χ1v) is 5.69. The molecule has 2 rings (SSSR count). The highest BCUT2D eigenvalue weighted by atomic mass is 15.2. The van der Waals surface area contributed by atoms with Crippen molar-refractivity contribution in [3.63, 3.8) is 0 Å². The van der Waals surface area contributed by atoms with Crippen molar-refractivity contribution in [2.75, 3.05) is 5.73 Å². The van der Waals surface area contributed by atoms with Crippen molar-refractivity contribution in [1.29, 1.82) is 0 Å². The molecule has 0 fully saturated rings. The molecule has 1 unspecified atom stereocenters. The molecule has 0 aliphatic carbocycles. The monoisotopic (exact) mass is 204 g/mol. The van der Waals surface area contributed by atoms with E-state index in [0.29, 0.717) is 12.0 Å². The zero-order valence-corrected chi connectivity index (χ0v) is 9.83. The van der Waals surface area contributed by atoms with Gasteiger partial charge < -0.3 is 5.73 Å². The van der Waals surface area contributed by atoms with E-state index in [0.717, 1.165) is 18.8 Å². The average Bonchev–Trinajstić information content (AvgIpc) is 2.58. The van der Waals surface area contributed by atoms with Crippen LogP contribution in [0.3, 0.4) is 0 Å². The van der Waals surface area contributed by atoms with Crippen LogP contribution in [0.25, 0.3) is 0 Å². The van der Waals surface area contributed by atoms with Crippen molar-refractivity contribution in [3.8, 4) is 0 Å². The van der Waals surface area contributed by atoms with E-state index in [9.17, 15) is 0 Å². The maximum Gasteiger partial charge on any atom is 0.0317 e. The fraction of sp³-hybridized carbons (Fsp3) is 0.538. The summed E-state index contributed by atoms with van der Waals surface area (Å²) in [6, 6.07) is 6.92. The minimum Gasteiger partial charge on any atom is -0.399 e. The first-order valence-electron chi connectivity index (χ1n) is 5.69. The van der Waals surface area contributed by atoms with E-state index in [1.54, 1.807) is 0 Å². The normalized spacial score (nSPS) is 18.1. The molecule has 2 nitrogen and oxygen atoms in total. The number of rotatable bonds is 2. The Kier molecular flexibility index (Phi) is 2.70. The van der Waals surface area contributed by atoms with Gasteiger partial charge in [-0.15, -0.1) is 0 Å². The maximum absolute atomic E-state index is 5.79. The molecule has 1 aromatic rings. The lowest BCUT2D eigenvalue weighted by Crippen LogP contribution is -2.32. The lowest BCUT2D eigenvalue weighted by atomic mass is 10.1. The molecular formula is C13H20N2. The molecule has 2 N–H and O–H groups in total. The van der Waals surface area contributed by atoms with Gasteiger partial charge in [0.2, 0.25) is 0 Å². The second-order valence-corrected chi connectivity index (χ2v) is 4.92. The van der Waals surface area contributed by atoms with Crippen LogP contribution in [0.15, 0.2) is 18.2 Å². The quantitative estimate of drug-likeness (QED) is 0.750. The van der Waals surface area contributed by atoms with E-state index in [2.05, 4.69) is 37.8 Å². The van der Waals surface area contributed by atoms with Crippen LogP contribution in [0.1, 0.15) is 31.9 Å². The number of hydrogen-bond donors (Lipinski definition) is 1. The van der Waals surface area contributed by atoms with Crippen molar-refractivity contribution in [1.82, 2.24) is 4.90 Å². The van der Waals surface area contributed by atoms with Gasteiger partial charge in [-0.2, -0.15) is 0 Å². The highest BCUT2D eigenvalue weighted by Gasteiger charge is 2.24. The number of hydrogen-bond acceptors (Lipinski definition) is 2. The molecule has 1 atom stereocenters. The highest BCUT2D eigenvalue weighted by Crippen LogP contribution is 2.27. The SMILES string of the molecule is CC(C)C(C)N1Cc2ccc(N)cc2C1. The maximum atomic E-state index is 5.79. The molecule has 1 aromatic carbocycles. The molecule has 0 amide bonds. The first kappa shape index (κ1) is 10.5. The van der Waals surface area contributed by atoms with Crippen LogP contribution in [0.2, 0.25) is 0 Å². The van der Waals surface area contributed by atoms with Crippen LogP contribution >= 0.6 is 0 Å². The van der Waals surface area contributed by atoms with Gasteiger partial charge in [0.25, 0.3) is 0 Å². The third-order valence-electron chi connectivity index (χ3n) is 3.52. The van der Waals surface area contributed by atoms with Crippen LogP contribution in [0, 0.1) is 5.92 Å². The molecule has 1 aliphatic heterocycles. The van der Waals surface area contributed by atoms with Gasteiger partial charge in [-0.05, 0) is 36.1 Å². The van der Waals surface area contributed by atoms with Crippen LogP contribution in [-0.2, 0) is 13.1 Å². The Labute approximate surface area is 92.1 Å².